The molecule has 0 bridgehead atoms. The minimum Gasteiger partial charge on any atom is -0.477 e. The van der Waals surface area contributed by atoms with E-state index in [1.54, 1.807) is 24.5 Å². The highest BCUT2D eigenvalue weighted by Gasteiger charge is 2.52. The van der Waals surface area contributed by atoms with Crippen molar-refractivity contribution >= 4 is 45.3 Å². The van der Waals surface area contributed by atoms with Crippen LogP contribution in [0.15, 0.2) is 122 Å². The van der Waals surface area contributed by atoms with Crippen LogP contribution >= 0.6 is 15.6 Å². The van der Waals surface area contributed by atoms with E-state index in [4.69, 9.17) is 86.0 Å². The second-order valence-electron chi connectivity index (χ2n) is 21.9. The first-order valence-corrected chi connectivity index (χ1v) is 31.9. The van der Waals surface area contributed by atoms with E-state index >= 15 is 0 Å². The number of hydrogen-bond donors (Lipinski definition) is 22. The van der Waals surface area contributed by atoms with Gasteiger partial charge in [-0.15, -0.1) is 0 Å². The number of phosphoric ester groups is 2. The Hall–Kier alpha value is -7.27. The lowest BCUT2D eigenvalue weighted by Crippen LogP contribution is -2.46. The maximum absolute atomic E-state index is 11.1. The highest BCUT2D eigenvalue weighted by molar-refractivity contribution is 7.46. The molecule has 3 amide bonds. The number of ether oxygens (including phenoxy) is 5. The number of carboxylic acids is 2. The maximum Gasteiger partial charge on any atom is 0.469 e. The third-order valence-electron chi connectivity index (χ3n) is 15.1. The van der Waals surface area contributed by atoms with Crippen molar-refractivity contribution in [2.24, 2.45) is 17.2 Å². The molecule has 540 valence electrons. The van der Waals surface area contributed by atoms with Crippen LogP contribution in [-0.2, 0) is 46.7 Å². The van der Waals surface area contributed by atoms with Gasteiger partial charge in [0.15, 0.2) is 80.2 Å². The Balaban J connectivity index is 0.000000194. The van der Waals surface area contributed by atoms with Gasteiger partial charge in [0.25, 0.3) is 36.7 Å². The van der Waals surface area contributed by atoms with Crippen LogP contribution in [0.25, 0.3) is 0 Å². The molecule has 5 saturated heterocycles. The first-order chi connectivity index (χ1) is 46.0. The van der Waals surface area contributed by atoms with Gasteiger partial charge in [0.2, 0.25) is 5.91 Å². The second kappa shape index (κ2) is 35.2. The molecule has 6 aliphatic rings. The van der Waals surface area contributed by atoms with E-state index in [0.29, 0.717) is 12.0 Å². The summed E-state index contributed by atoms with van der Waals surface area (Å²) >= 11 is 0. The Labute approximate surface area is 552 Å². The van der Waals surface area contributed by atoms with Gasteiger partial charge in [0.1, 0.15) is 89.4 Å². The number of aliphatic hydroxyl groups is 13. The lowest BCUT2D eigenvalue weighted by atomic mass is 10.1. The molecular weight excluding hydrogens is 1360 g/mol. The van der Waals surface area contributed by atoms with Gasteiger partial charge in [-0.25, -0.2) is 18.7 Å². The number of hydrogen-bond acceptors (Lipinski definition) is 28. The lowest BCUT2D eigenvalue weighted by molar-refractivity contribution is -0.766. The van der Waals surface area contributed by atoms with Crippen molar-refractivity contribution in [3.8, 4) is 0 Å². The van der Waals surface area contributed by atoms with Crippen molar-refractivity contribution in [2.75, 3.05) is 33.0 Å². The van der Waals surface area contributed by atoms with Crippen molar-refractivity contribution in [3.05, 3.63) is 144 Å². The molecule has 10 heterocycles. The molecule has 20 atom stereocenters. The monoisotopic (exact) mass is 1440 g/mol. The number of carbonyl (C=O) groups excluding carboxylic acids is 3. The summed E-state index contributed by atoms with van der Waals surface area (Å²) in [6.45, 7) is -2.44. The summed E-state index contributed by atoms with van der Waals surface area (Å²) in [5.74, 6) is -4.10. The fourth-order valence-electron chi connectivity index (χ4n) is 9.99. The standard InChI is InChI=1S/C11H15N2O8P.C11H16N2O5.C11H14N2O5.C11H14NO9P.C11H13NO6/c12-10(16)6-2-1-3-13(4-6)11-9(15)8(14)7(21-11)5-20-22(17,18)19;2*12-10(17)6-2-1-3-13(4-6)11-9(16)8(15)7(5-14)18-11;13-8-7(5-20-22(17,18)19)21-10(9(8)14)12-3-1-2-6(4-12)11(15)16;13-5-7-8(14)9(15)10(18-7)12-3-1-2-6(4-12)11(16)17/h1-4,7-9,11,14-15H,5H2,(H3-,12,16,17,18,19);1,3-4,7-9,11,14-16H,2,5H2,(H2,12,17);1-4,7-9,11,14-16H,5H2,(H-,12,17);1-4,7-10,13-14H,5H2,(H2-,15,16,17,18,19);1-4,7-10,13-15H,5H2/p+4/t3*7-,8?,9+,11-;2*7-,8?,9+,10-/m11111/s1. The number of nitrogens with zero attached hydrogens (tertiary/aromatic N) is 5. The number of allylic oxidation sites excluding steroid dienone is 1. The van der Waals surface area contributed by atoms with Crippen molar-refractivity contribution < 1.29 is 180 Å². The smallest absolute Gasteiger partial charge is 0.469 e. The average Bonchev–Trinajstić information content (AvgIpc) is 1.68. The molecule has 25 N–H and O–H groups in total. The number of aliphatic hydroxyl groups excluding tert-OH is 13. The van der Waals surface area contributed by atoms with Crippen molar-refractivity contribution in [1.29, 1.82) is 0 Å². The summed E-state index contributed by atoms with van der Waals surface area (Å²) in [5, 5.41) is 143. The molecule has 5 fully saturated rings. The van der Waals surface area contributed by atoms with E-state index in [2.05, 4.69) is 9.05 Å². The minimum absolute atomic E-state index is 0.0373. The Morgan fingerprint density at radius 3 is 1.03 bits per heavy atom. The van der Waals surface area contributed by atoms with Gasteiger partial charge in [0, 0.05) is 42.2 Å². The third-order valence-corrected chi connectivity index (χ3v) is 16.1. The molecule has 5 unspecified atom stereocenters. The Bertz CT molecular complexity index is 3370. The van der Waals surface area contributed by atoms with Gasteiger partial charge < -0.3 is 142 Å². The molecule has 0 aromatic carbocycles. The van der Waals surface area contributed by atoms with Gasteiger partial charge in [0.05, 0.1) is 33.0 Å². The topological polar surface area (TPSA) is 665 Å². The molecule has 0 saturated carbocycles. The zero-order valence-electron chi connectivity index (χ0n) is 50.8. The molecule has 6 aliphatic heterocycles. The van der Waals surface area contributed by atoms with E-state index in [9.17, 15) is 84.2 Å². The summed E-state index contributed by atoms with van der Waals surface area (Å²) in [6, 6.07) is 11.7. The number of aromatic nitrogens is 4. The van der Waals surface area contributed by atoms with Crippen LogP contribution in [0.1, 0.15) is 72.8 Å². The van der Waals surface area contributed by atoms with Crippen LogP contribution in [0, 0.1) is 0 Å². The molecule has 0 spiro atoms. The van der Waals surface area contributed by atoms with Crippen molar-refractivity contribution in [1.82, 2.24) is 4.90 Å². The van der Waals surface area contributed by atoms with E-state index in [1.165, 1.54) is 115 Å². The number of phosphoric acid groups is 2. The van der Waals surface area contributed by atoms with Crippen LogP contribution < -0.4 is 35.5 Å². The molecule has 4 aromatic rings. The largest absolute Gasteiger partial charge is 0.477 e. The molecule has 43 heteroatoms. The van der Waals surface area contributed by atoms with E-state index < -0.39 is 201 Å². The Morgan fingerprint density at radius 2 is 0.745 bits per heavy atom. The average molecular weight is 1440 g/mol. The highest BCUT2D eigenvalue weighted by atomic mass is 31.2. The van der Waals surface area contributed by atoms with E-state index in [-0.39, 0.29) is 22.3 Å². The van der Waals surface area contributed by atoms with Gasteiger partial charge in [-0.05, 0) is 30.7 Å². The van der Waals surface area contributed by atoms with Gasteiger partial charge in [-0.3, -0.25) is 23.4 Å². The first-order valence-electron chi connectivity index (χ1n) is 28.9. The van der Waals surface area contributed by atoms with Gasteiger partial charge >= 0.3 is 27.6 Å². The quantitative estimate of drug-likeness (QED) is 0.0306. The maximum atomic E-state index is 11.1. The summed E-state index contributed by atoms with van der Waals surface area (Å²) in [7, 11) is -9.45. The summed E-state index contributed by atoms with van der Waals surface area (Å²) < 4.78 is 61.8. The van der Waals surface area contributed by atoms with Crippen LogP contribution in [0.3, 0.4) is 0 Å². The number of primary amides is 3. The zero-order chi connectivity index (χ0) is 72.8. The van der Waals surface area contributed by atoms with E-state index in [0.717, 1.165) is 0 Å². The molecule has 41 nitrogen and oxygen atoms in total. The molecular formula is C55H76N8O33P2+4. The predicted molar refractivity (Wildman–Crippen MR) is 312 cm³/mol. The minimum atomic E-state index is -4.73. The van der Waals surface area contributed by atoms with Crippen LogP contribution in [-0.4, -0.2) is 262 Å². The van der Waals surface area contributed by atoms with E-state index in [1.807, 2.05) is 0 Å². The molecule has 0 radical (unpaired) electrons. The number of rotatable bonds is 19. The van der Waals surface area contributed by atoms with Crippen molar-refractivity contribution in [3.63, 3.8) is 0 Å². The fourth-order valence-corrected chi connectivity index (χ4v) is 10.7. The van der Waals surface area contributed by atoms with Crippen LogP contribution in [0.5, 0.6) is 0 Å². The normalized spacial score (nSPS) is 31.0. The SMILES string of the molecule is NC(=O)C1=CN([C@@H]2O[C@H](CO)C(O)[C@@H]2O)C=CC1.NC(=O)c1ccc[n+]([C@@H]2O[C@H](CO)C(O)[C@@H]2O)c1.NC(=O)c1ccc[n+]([C@@H]2O[C@H](COP(=O)(O)O)C(O)[C@@H]2O)c1.O=C(O)c1ccc[n+]([C@@H]2O[C@H](CO)C(O)[C@@H]2O)c1.O=C(O)c1ccc[n+]([C@@H]2O[C@H](COP(=O)(O)O)C(O)[C@@H]2O)c1. The molecule has 0 aliphatic carbocycles. The number of nitrogens with two attached hydrogens (primary N) is 3. The number of aromatic carboxylic acids is 2. The number of carboxylic acid groups (broad SMARTS) is 2. The number of pyridine rings is 4. The summed E-state index contributed by atoms with van der Waals surface area (Å²) in [6.07, 6.45) is -5.99. The van der Waals surface area contributed by atoms with Crippen molar-refractivity contribution in [2.45, 2.75) is 129 Å². The highest BCUT2D eigenvalue weighted by Crippen LogP contribution is 2.39. The number of carbonyl (C=O) groups is 5. The first kappa shape index (κ1) is 79.7. The second-order valence-corrected chi connectivity index (χ2v) is 24.4. The summed E-state index contributed by atoms with van der Waals surface area (Å²) in [5.41, 5.74) is 16.3. The number of amides is 3. The summed E-state index contributed by atoms with van der Waals surface area (Å²) in [4.78, 5) is 91.0. The third kappa shape index (κ3) is 20.9. The van der Waals surface area contributed by atoms with Crippen LogP contribution in [0.4, 0.5) is 0 Å². The van der Waals surface area contributed by atoms with Gasteiger partial charge in [-0.1, -0.05) is 6.08 Å². The van der Waals surface area contributed by atoms with Crippen LogP contribution in [0.2, 0.25) is 0 Å². The Kier molecular flexibility index (Phi) is 28.6. The Morgan fingerprint density at radius 1 is 0.449 bits per heavy atom. The molecule has 98 heavy (non-hydrogen) atoms. The fraction of sp³-hybridized carbons (Fsp3) is 0.473. The van der Waals surface area contributed by atoms with Gasteiger partial charge in [-0.2, -0.15) is 18.3 Å². The molecule has 4 aromatic heterocycles. The predicted octanol–water partition coefficient (Wildman–Crippen LogP) is -9.82. The zero-order valence-corrected chi connectivity index (χ0v) is 52.6. The lowest BCUT2D eigenvalue weighted by Gasteiger charge is -2.28. The molecule has 10 rings (SSSR count).